The predicted molar refractivity (Wildman–Crippen MR) is 151 cm³/mol. The van der Waals surface area contributed by atoms with Crippen molar-refractivity contribution in [3.05, 3.63) is 12.2 Å². The van der Waals surface area contributed by atoms with E-state index in [0.29, 0.717) is 25.8 Å². The number of rotatable bonds is 9. The maximum Gasteiger partial charge on any atom is 0.410 e. The fourth-order valence-electron chi connectivity index (χ4n) is 5.50. The highest BCUT2D eigenvalue weighted by Gasteiger charge is 2.52. The van der Waals surface area contributed by atoms with Crippen LogP contribution in [0.5, 0.6) is 0 Å². The van der Waals surface area contributed by atoms with Crippen LogP contribution in [0.1, 0.15) is 80.6 Å². The Morgan fingerprint density at radius 1 is 1.07 bits per heavy atom. The van der Waals surface area contributed by atoms with E-state index in [0.717, 1.165) is 6.42 Å². The Hall–Kier alpha value is -3.15. The van der Waals surface area contributed by atoms with E-state index in [4.69, 9.17) is 15.3 Å². The summed E-state index contributed by atoms with van der Waals surface area (Å²) in [6, 6.07) is -1.12. The van der Waals surface area contributed by atoms with Crippen LogP contribution in [0.25, 0.3) is 0 Å². The number of hydrogen-bond donors (Lipinski definition) is 1. The molecule has 5 amide bonds. The van der Waals surface area contributed by atoms with Crippen LogP contribution in [-0.4, -0.2) is 99.1 Å². The van der Waals surface area contributed by atoms with E-state index in [-0.39, 0.29) is 49.2 Å². The lowest BCUT2D eigenvalue weighted by molar-refractivity contribution is -0.274. The van der Waals surface area contributed by atoms with Crippen molar-refractivity contribution in [1.29, 1.82) is 0 Å². The van der Waals surface area contributed by atoms with Crippen LogP contribution in [0.3, 0.4) is 0 Å². The van der Waals surface area contributed by atoms with Crippen molar-refractivity contribution in [3.63, 3.8) is 0 Å². The first kappa shape index (κ1) is 32.4. The monoisotopic (exact) mass is 577 g/mol. The summed E-state index contributed by atoms with van der Waals surface area (Å²) in [6.07, 6.45) is 3.00. The molecular formula is C29H47N5O7. The van der Waals surface area contributed by atoms with Gasteiger partial charge in [0.2, 0.25) is 11.8 Å². The highest BCUT2D eigenvalue weighted by Crippen LogP contribution is 2.32. The van der Waals surface area contributed by atoms with Crippen molar-refractivity contribution in [2.75, 3.05) is 19.6 Å². The predicted octanol–water partition coefficient (Wildman–Crippen LogP) is 2.42. The van der Waals surface area contributed by atoms with E-state index >= 15 is 0 Å². The minimum atomic E-state index is -0.923. The topological polar surface area (TPSA) is 143 Å². The second kappa shape index (κ2) is 13.2. The molecule has 3 fully saturated rings. The minimum absolute atomic E-state index is 0.00606. The van der Waals surface area contributed by atoms with Crippen LogP contribution in [0.2, 0.25) is 0 Å². The molecule has 0 saturated carbocycles. The first-order chi connectivity index (χ1) is 19.1. The van der Waals surface area contributed by atoms with E-state index in [9.17, 15) is 24.0 Å². The Labute approximate surface area is 243 Å². The highest BCUT2D eigenvalue weighted by atomic mass is 16.7. The molecule has 0 bridgehead atoms. The summed E-state index contributed by atoms with van der Waals surface area (Å²) >= 11 is 0. The fraction of sp³-hybridized carbons (Fsp3) is 0.759. The molecule has 0 aromatic rings. The van der Waals surface area contributed by atoms with Gasteiger partial charge in [0, 0.05) is 25.6 Å². The number of carbonyl (C=O) groups is 5. The number of hydrogen-bond acceptors (Lipinski definition) is 7. The minimum Gasteiger partial charge on any atom is -0.444 e. The zero-order chi connectivity index (χ0) is 30.6. The van der Waals surface area contributed by atoms with Gasteiger partial charge in [-0.1, -0.05) is 33.8 Å². The van der Waals surface area contributed by atoms with Gasteiger partial charge in [-0.15, -0.1) is 0 Å². The maximum atomic E-state index is 13.7. The number of piperazine rings is 1. The number of hydroxylamine groups is 2. The molecule has 230 valence electrons. The Kier molecular flexibility index (Phi) is 10.4. The van der Waals surface area contributed by atoms with Gasteiger partial charge < -0.3 is 25.2 Å². The Morgan fingerprint density at radius 3 is 2.32 bits per heavy atom. The third-order valence-electron chi connectivity index (χ3n) is 7.29. The van der Waals surface area contributed by atoms with Crippen LogP contribution >= 0.6 is 0 Å². The number of ether oxygens (including phenoxy) is 1. The molecule has 0 radical (unpaired) electrons. The lowest BCUT2D eigenvalue weighted by Crippen LogP contribution is -2.73. The maximum absolute atomic E-state index is 13.7. The van der Waals surface area contributed by atoms with Crippen molar-refractivity contribution in [2.45, 2.75) is 111 Å². The van der Waals surface area contributed by atoms with Crippen molar-refractivity contribution in [3.8, 4) is 0 Å². The van der Waals surface area contributed by atoms with E-state index in [1.807, 2.05) is 27.7 Å². The van der Waals surface area contributed by atoms with Crippen LogP contribution in [0, 0.1) is 11.8 Å². The lowest BCUT2D eigenvalue weighted by atomic mass is 9.95. The summed E-state index contributed by atoms with van der Waals surface area (Å²) < 4.78 is 5.53. The second-order valence-electron chi connectivity index (χ2n) is 13.0. The number of amides is 5. The summed E-state index contributed by atoms with van der Waals surface area (Å²) in [5.74, 6) is -1.44. The number of nitrogens with two attached hydrogens (primary N) is 1. The molecule has 2 N–H and O–H groups in total. The normalized spacial score (nSPS) is 25.5. The van der Waals surface area contributed by atoms with Crippen molar-refractivity contribution >= 4 is 29.7 Å². The Balaban J connectivity index is 1.91. The molecule has 4 atom stereocenters. The number of fused-ring (bicyclic) bond motifs is 1. The largest absolute Gasteiger partial charge is 0.444 e. The zero-order valence-corrected chi connectivity index (χ0v) is 25.5. The summed E-state index contributed by atoms with van der Waals surface area (Å²) in [7, 11) is 0. The van der Waals surface area contributed by atoms with Crippen LogP contribution in [0.15, 0.2) is 12.2 Å². The molecule has 3 saturated heterocycles. The van der Waals surface area contributed by atoms with Gasteiger partial charge >= 0.3 is 6.09 Å². The Bertz CT molecular complexity index is 1040. The zero-order valence-electron chi connectivity index (χ0n) is 25.5. The molecule has 0 aromatic heterocycles. The summed E-state index contributed by atoms with van der Waals surface area (Å²) in [5.41, 5.74) is 4.71. The standard InChI is InChI=1S/C29H47N5O7/c1-18(2)15-21-26(37)31(14-12-23(30)35)17-24-33(21)27(38)22(16-19(3)4)41-34(24)25(36)11-10-20-9-8-13-32(20)28(39)40-29(5,6)7/h10-11,18-22,24H,8-9,12-17H2,1-7H3,(H2,30,35)/b11-10+/t20-,21-,22+,24-/m0/s1. The molecule has 0 spiro atoms. The van der Waals surface area contributed by atoms with Gasteiger partial charge in [0.15, 0.2) is 12.3 Å². The SMILES string of the molecule is CC(C)C[C@H]1ON(C(=O)/C=C/[C@@H]2CCCN2C(=O)OC(C)(C)C)[C@H]2CN(CCC(N)=O)C(=O)[C@H](CC(C)C)N2C1=O. The van der Waals surface area contributed by atoms with Gasteiger partial charge in [-0.05, 0) is 58.3 Å². The lowest BCUT2D eigenvalue weighted by Gasteiger charge is -2.53. The second-order valence-corrected chi connectivity index (χ2v) is 13.0. The number of primary amides is 1. The van der Waals surface area contributed by atoms with Gasteiger partial charge in [0.25, 0.3) is 11.8 Å². The number of likely N-dealkylation sites (tertiary alicyclic amines) is 1. The third kappa shape index (κ3) is 8.21. The molecule has 0 aromatic carbocycles. The van der Waals surface area contributed by atoms with E-state index < -0.39 is 41.8 Å². The van der Waals surface area contributed by atoms with Gasteiger partial charge in [0.05, 0.1) is 12.6 Å². The quantitative estimate of drug-likeness (QED) is 0.415. The fourth-order valence-corrected chi connectivity index (χ4v) is 5.50. The summed E-state index contributed by atoms with van der Waals surface area (Å²) in [6.45, 7) is 13.9. The van der Waals surface area contributed by atoms with E-state index in [1.165, 1.54) is 20.9 Å². The molecule has 3 rings (SSSR count). The first-order valence-corrected chi connectivity index (χ1v) is 14.7. The highest BCUT2D eigenvalue weighted by molar-refractivity contribution is 5.94. The molecule has 0 unspecified atom stereocenters. The average molecular weight is 578 g/mol. The number of carbonyl (C=O) groups excluding carboxylic acids is 5. The van der Waals surface area contributed by atoms with Gasteiger partial charge in [-0.25, -0.2) is 4.79 Å². The molecule has 0 aliphatic carbocycles. The molecule has 3 aliphatic heterocycles. The summed E-state index contributed by atoms with van der Waals surface area (Å²) in [5, 5.41) is 1.19. The van der Waals surface area contributed by atoms with Crippen LogP contribution in [-0.2, 0) is 28.8 Å². The van der Waals surface area contributed by atoms with Crippen LogP contribution < -0.4 is 5.73 Å². The van der Waals surface area contributed by atoms with Gasteiger partial charge in [-0.2, -0.15) is 5.06 Å². The van der Waals surface area contributed by atoms with Gasteiger partial charge in [-0.3, -0.25) is 24.0 Å². The third-order valence-corrected chi connectivity index (χ3v) is 7.29. The smallest absolute Gasteiger partial charge is 0.410 e. The van der Waals surface area contributed by atoms with Gasteiger partial charge in [0.1, 0.15) is 11.6 Å². The van der Waals surface area contributed by atoms with E-state index in [2.05, 4.69) is 0 Å². The van der Waals surface area contributed by atoms with Crippen molar-refractivity contribution < 1.29 is 33.5 Å². The summed E-state index contributed by atoms with van der Waals surface area (Å²) in [4.78, 5) is 75.9. The number of nitrogens with zero attached hydrogens (tertiary/aromatic N) is 4. The molecule has 41 heavy (non-hydrogen) atoms. The molecule has 12 heteroatoms. The molecular weight excluding hydrogens is 530 g/mol. The average Bonchev–Trinajstić information content (AvgIpc) is 3.32. The first-order valence-electron chi connectivity index (χ1n) is 14.7. The van der Waals surface area contributed by atoms with Crippen LogP contribution in [0.4, 0.5) is 4.79 Å². The van der Waals surface area contributed by atoms with Crippen molar-refractivity contribution in [1.82, 2.24) is 19.8 Å². The molecule has 3 aliphatic rings. The van der Waals surface area contributed by atoms with Crippen molar-refractivity contribution in [2.24, 2.45) is 17.6 Å². The van der Waals surface area contributed by atoms with E-state index in [1.54, 1.807) is 31.7 Å². The Morgan fingerprint density at radius 2 is 1.73 bits per heavy atom. The molecule has 12 nitrogen and oxygen atoms in total. The molecule has 3 heterocycles.